The van der Waals surface area contributed by atoms with Crippen LogP contribution >= 0.6 is 0 Å². The molecule has 3 rings (SSSR count). The molecule has 1 aromatic rings. The van der Waals surface area contributed by atoms with Gasteiger partial charge in [0, 0.05) is 44.5 Å². The molecule has 2 N–H and O–H groups in total. The molecule has 0 radical (unpaired) electrons. The molecule has 0 spiro atoms. The summed E-state index contributed by atoms with van der Waals surface area (Å²) >= 11 is 0. The molecular weight excluding hydrogens is 266 g/mol. The van der Waals surface area contributed by atoms with Crippen molar-refractivity contribution in [2.24, 2.45) is 5.92 Å². The third kappa shape index (κ3) is 3.29. The zero-order valence-corrected chi connectivity index (χ0v) is 12.5. The van der Waals surface area contributed by atoms with E-state index in [1.807, 2.05) is 4.90 Å². The van der Waals surface area contributed by atoms with Gasteiger partial charge in [0.1, 0.15) is 5.75 Å². The number of ether oxygens (including phenoxy) is 1. The number of anilines is 1. The predicted molar refractivity (Wildman–Crippen MR) is 82.5 cm³/mol. The minimum absolute atomic E-state index is 0.0289. The van der Waals surface area contributed by atoms with Gasteiger partial charge in [-0.2, -0.15) is 0 Å². The van der Waals surface area contributed by atoms with Crippen LogP contribution in [0.2, 0.25) is 0 Å². The van der Waals surface area contributed by atoms with E-state index in [9.17, 15) is 4.79 Å². The van der Waals surface area contributed by atoms with Crippen LogP contribution in [0.4, 0.5) is 5.69 Å². The zero-order valence-electron chi connectivity index (χ0n) is 12.5. The number of nitrogens with zero attached hydrogens (tertiary/aromatic N) is 2. The summed E-state index contributed by atoms with van der Waals surface area (Å²) in [4.78, 5) is 16.9. The molecule has 21 heavy (non-hydrogen) atoms. The van der Waals surface area contributed by atoms with Crippen LogP contribution in [0.25, 0.3) is 0 Å². The van der Waals surface area contributed by atoms with Gasteiger partial charge in [-0.25, -0.2) is 0 Å². The molecule has 1 heterocycles. The molecule has 0 unspecified atom stereocenters. The minimum Gasteiger partial charge on any atom is -0.497 e. The Kier molecular flexibility index (Phi) is 4.01. The Hall–Kier alpha value is -1.75. The first-order valence-corrected chi connectivity index (χ1v) is 7.62. The van der Waals surface area contributed by atoms with Crippen molar-refractivity contribution < 1.29 is 9.53 Å². The van der Waals surface area contributed by atoms with Crippen LogP contribution in [0.1, 0.15) is 23.2 Å². The Balaban J connectivity index is 1.60. The highest BCUT2D eigenvalue weighted by Gasteiger charge is 2.28. The standard InChI is InChI=1S/C16H23N3O2/c1-21-13-4-5-14(15(17)10-13)16(20)19-8-6-18(7-9-19)11-12-2-3-12/h4-5,10,12H,2-3,6-9,11,17H2,1H3. The van der Waals surface area contributed by atoms with Crippen molar-refractivity contribution in [2.45, 2.75) is 12.8 Å². The minimum atomic E-state index is 0.0289. The third-order valence-corrected chi connectivity index (χ3v) is 4.36. The normalized spacial score (nSPS) is 19.6. The van der Waals surface area contributed by atoms with Gasteiger partial charge < -0.3 is 15.4 Å². The van der Waals surface area contributed by atoms with E-state index >= 15 is 0 Å². The number of rotatable bonds is 4. The van der Waals surface area contributed by atoms with Gasteiger partial charge >= 0.3 is 0 Å². The van der Waals surface area contributed by atoms with Crippen LogP contribution in [0.3, 0.4) is 0 Å². The number of hydrogen-bond acceptors (Lipinski definition) is 4. The number of carbonyl (C=O) groups excluding carboxylic acids is 1. The van der Waals surface area contributed by atoms with Crippen LogP contribution in [-0.2, 0) is 0 Å². The number of carbonyl (C=O) groups is 1. The molecule has 0 atom stereocenters. The molecular formula is C16H23N3O2. The van der Waals surface area contributed by atoms with Gasteiger partial charge in [0.2, 0.25) is 0 Å². The van der Waals surface area contributed by atoms with Crippen molar-refractivity contribution in [1.82, 2.24) is 9.80 Å². The SMILES string of the molecule is COc1ccc(C(=O)N2CCN(CC3CC3)CC2)c(N)c1. The van der Waals surface area contributed by atoms with Crippen LogP contribution in [0, 0.1) is 5.92 Å². The fraction of sp³-hybridized carbons (Fsp3) is 0.562. The van der Waals surface area contributed by atoms with E-state index in [2.05, 4.69) is 4.90 Å². The van der Waals surface area contributed by atoms with Gasteiger partial charge in [0.25, 0.3) is 5.91 Å². The average molecular weight is 289 g/mol. The summed E-state index contributed by atoms with van der Waals surface area (Å²) < 4.78 is 5.12. The Bertz CT molecular complexity index is 520. The summed E-state index contributed by atoms with van der Waals surface area (Å²) in [6.07, 6.45) is 2.75. The van der Waals surface area contributed by atoms with Gasteiger partial charge in [0.15, 0.2) is 0 Å². The van der Waals surface area contributed by atoms with E-state index in [0.29, 0.717) is 17.0 Å². The van der Waals surface area contributed by atoms with Gasteiger partial charge in [-0.3, -0.25) is 9.69 Å². The summed E-state index contributed by atoms with van der Waals surface area (Å²) in [6, 6.07) is 5.25. The van der Waals surface area contributed by atoms with Gasteiger partial charge in [-0.1, -0.05) is 0 Å². The summed E-state index contributed by atoms with van der Waals surface area (Å²) in [6.45, 7) is 4.72. The number of amides is 1. The van der Waals surface area contributed by atoms with E-state index in [4.69, 9.17) is 10.5 Å². The molecule has 2 aliphatic rings. The van der Waals surface area contributed by atoms with E-state index in [0.717, 1.165) is 32.1 Å². The zero-order chi connectivity index (χ0) is 14.8. The van der Waals surface area contributed by atoms with Crippen molar-refractivity contribution in [3.05, 3.63) is 23.8 Å². The van der Waals surface area contributed by atoms with E-state index < -0.39 is 0 Å². The Morgan fingerprint density at radius 3 is 2.57 bits per heavy atom. The number of hydrogen-bond donors (Lipinski definition) is 1. The molecule has 1 amide bonds. The quantitative estimate of drug-likeness (QED) is 0.852. The Morgan fingerprint density at radius 1 is 1.29 bits per heavy atom. The van der Waals surface area contributed by atoms with Crippen LogP contribution in [0.15, 0.2) is 18.2 Å². The number of nitrogens with two attached hydrogens (primary N) is 1. The number of benzene rings is 1. The summed E-state index contributed by atoms with van der Waals surface area (Å²) in [5.74, 6) is 1.61. The maximum absolute atomic E-state index is 12.5. The summed E-state index contributed by atoms with van der Waals surface area (Å²) in [5.41, 5.74) is 7.03. The smallest absolute Gasteiger partial charge is 0.256 e. The molecule has 1 saturated heterocycles. The second-order valence-corrected chi connectivity index (χ2v) is 5.99. The molecule has 1 aliphatic heterocycles. The second kappa shape index (κ2) is 5.93. The van der Waals surface area contributed by atoms with Crippen molar-refractivity contribution in [3.8, 4) is 5.75 Å². The van der Waals surface area contributed by atoms with E-state index in [1.165, 1.54) is 19.4 Å². The lowest BCUT2D eigenvalue weighted by atomic mass is 10.1. The molecule has 1 saturated carbocycles. The molecule has 114 valence electrons. The fourth-order valence-electron chi connectivity index (χ4n) is 2.83. The van der Waals surface area contributed by atoms with Gasteiger partial charge in [-0.15, -0.1) is 0 Å². The number of nitrogen functional groups attached to an aromatic ring is 1. The lowest BCUT2D eigenvalue weighted by Crippen LogP contribution is -2.49. The van der Waals surface area contributed by atoms with Gasteiger partial charge in [-0.05, 0) is 30.9 Å². The lowest BCUT2D eigenvalue weighted by molar-refractivity contribution is 0.0633. The van der Waals surface area contributed by atoms with Crippen molar-refractivity contribution in [1.29, 1.82) is 0 Å². The van der Waals surface area contributed by atoms with E-state index in [-0.39, 0.29) is 5.91 Å². The van der Waals surface area contributed by atoms with Crippen LogP contribution in [-0.4, -0.2) is 55.5 Å². The monoisotopic (exact) mass is 289 g/mol. The van der Waals surface area contributed by atoms with Crippen LogP contribution in [0.5, 0.6) is 5.75 Å². The summed E-state index contributed by atoms with van der Waals surface area (Å²) in [5, 5.41) is 0. The molecule has 0 aromatic heterocycles. The molecule has 5 heteroatoms. The number of methoxy groups -OCH3 is 1. The van der Waals surface area contributed by atoms with Crippen molar-refractivity contribution in [2.75, 3.05) is 45.6 Å². The maximum atomic E-state index is 12.5. The van der Waals surface area contributed by atoms with Crippen molar-refractivity contribution in [3.63, 3.8) is 0 Å². The second-order valence-electron chi connectivity index (χ2n) is 5.99. The third-order valence-electron chi connectivity index (χ3n) is 4.36. The van der Waals surface area contributed by atoms with E-state index in [1.54, 1.807) is 25.3 Å². The topological polar surface area (TPSA) is 58.8 Å². The van der Waals surface area contributed by atoms with Gasteiger partial charge in [0.05, 0.1) is 12.7 Å². The average Bonchev–Trinajstić information content (AvgIpc) is 3.31. The Morgan fingerprint density at radius 2 is 2.00 bits per heavy atom. The molecule has 1 aromatic carbocycles. The Labute approximate surface area is 125 Å². The first kappa shape index (κ1) is 14.2. The lowest BCUT2D eigenvalue weighted by Gasteiger charge is -2.35. The van der Waals surface area contributed by atoms with Crippen molar-refractivity contribution >= 4 is 11.6 Å². The largest absolute Gasteiger partial charge is 0.497 e. The predicted octanol–water partition coefficient (Wildman–Crippen LogP) is 1.45. The molecule has 0 bridgehead atoms. The molecule has 5 nitrogen and oxygen atoms in total. The first-order chi connectivity index (χ1) is 10.2. The fourth-order valence-corrected chi connectivity index (χ4v) is 2.83. The highest BCUT2D eigenvalue weighted by Crippen LogP contribution is 2.30. The number of piperazine rings is 1. The summed E-state index contributed by atoms with van der Waals surface area (Å²) in [7, 11) is 1.59. The highest BCUT2D eigenvalue weighted by molar-refractivity contribution is 5.99. The van der Waals surface area contributed by atoms with Crippen LogP contribution < -0.4 is 10.5 Å². The highest BCUT2D eigenvalue weighted by atomic mass is 16.5. The maximum Gasteiger partial charge on any atom is 0.256 e. The molecule has 1 aliphatic carbocycles. The molecule has 2 fully saturated rings. The first-order valence-electron chi connectivity index (χ1n) is 7.62.